The molecule has 0 spiro atoms. The number of hydrogen-bond donors (Lipinski definition) is 2. The average molecular weight is 589 g/mol. The molecular weight excluding hydrogens is 563 g/mol. The van der Waals surface area contributed by atoms with Crippen molar-refractivity contribution >= 4 is 29.2 Å². The summed E-state index contributed by atoms with van der Waals surface area (Å²) in [6, 6.07) is 14.7. The number of hydrazone groups is 1. The van der Waals surface area contributed by atoms with E-state index in [1.807, 2.05) is 38.1 Å². The number of rotatable bonds is 8. The minimum Gasteiger partial charge on any atom is -0.406 e. The third-order valence-electron chi connectivity index (χ3n) is 5.83. The van der Waals surface area contributed by atoms with Gasteiger partial charge in [0.2, 0.25) is 0 Å². The first-order chi connectivity index (χ1) is 19.4. The first-order valence-corrected chi connectivity index (χ1v) is 12.9. The van der Waals surface area contributed by atoms with Crippen molar-refractivity contribution in [3.8, 4) is 22.8 Å². The predicted molar refractivity (Wildman–Crippen MR) is 150 cm³/mol. The summed E-state index contributed by atoms with van der Waals surface area (Å²) < 4.78 is 72.5. The summed E-state index contributed by atoms with van der Waals surface area (Å²) in [5, 5.41) is 11.3. The number of alkyl halides is 3. The molecule has 1 aromatic heterocycles. The van der Waals surface area contributed by atoms with E-state index in [0.717, 1.165) is 41.7 Å². The molecule has 2 N–H and O–H groups in total. The fourth-order valence-electron chi connectivity index (χ4n) is 3.95. The largest absolute Gasteiger partial charge is 0.573 e. The normalized spacial score (nSPS) is 11.7. The highest BCUT2D eigenvalue weighted by Gasteiger charge is 2.31. The second-order valence-corrected chi connectivity index (χ2v) is 9.49. The summed E-state index contributed by atoms with van der Waals surface area (Å²) >= 11 is 5.25. The van der Waals surface area contributed by atoms with E-state index in [0.29, 0.717) is 17.9 Å². The summed E-state index contributed by atoms with van der Waals surface area (Å²) in [5.41, 5.74) is 4.46. The maximum atomic E-state index is 14.9. The molecule has 0 unspecified atom stereocenters. The maximum absolute atomic E-state index is 14.9. The van der Waals surface area contributed by atoms with E-state index in [1.165, 1.54) is 16.8 Å². The van der Waals surface area contributed by atoms with Crippen molar-refractivity contribution < 1.29 is 26.7 Å². The molecule has 3 aromatic carbocycles. The van der Waals surface area contributed by atoms with Crippen LogP contribution in [0.1, 0.15) is 43.6 Å². The molecule has 0 atom stereocenters. The van der Waals surface area contributed by atoms with Crippen molar-refractivity contribution in [2.24, 2.45) is 5.10 Å². The van der Waals surface area contributed by atoms with Gasteiger partial charge in [0.25, 0.3) is 0 Å². The molecule has 0 aliphatic heterocycles. The lowest BCUT2D eigenvalue weighted by Gasteiger charge is -2.14. The molecule has 0 saturated carbocycles. The van der Waals surface area contributed by atoms with Gasteiger partial charge in [-0.15, -0.1) is 18.3 Å². The molecule has 0 aliphatic rings. The number of aromatic nitrogens is 3. The van der Waals surface area contributed by atoms with Gasteiger partial charge in [-0.2, -0.15) is 5.10 Å². The van der Waals surface area contributed by atoms with Gasteiger partial charge in [0.1, 0.15) is 23.2 Å². The predicted octanol–water partition coefficient (Wildman–Crippen LogP) is 7.12. The molecule has 0 radical (unpaired) electrons. The van der Waals surface area contributed by atoms with Gasteiger partial charge in [0.05, 0.1) is 17.5 Å². The maximum Gasteiger partial charge on any atom is 0.573 e. The smallest absolute Gasteiger partial charge is 0.406 e. The van der Waals surface area contributed by atoms with Gasteiger partial charge in [0, 0.05) is 17.7 Å². The zero-order valence-corrected chi connectivity index (χ0v) is 22.9. The fourth-order valence-corrected chi connectivity index (χ4v) is 4.11. The van der Waals surface area contributed by atoms with Crippen molar-refractivity contribution in [3.63, 3.8) is 0 Å². The van der Waals surface area contributed by atoms with Gasteiger partial charge >= 0.3 is 6.36 Å². The summed E-state index contributed by atoms with van der Waals surface area (Å²) in [5.74, 6) is -1.49. The Balaban J connectivity index is 1.50. The number of hydrogen-bond acceptors (Lipinski definition) is 5. The summed E-state index contributed by atoms with van der Waals surface area (Å²) in [6.45, 7) is 5.88. The Morgan fingerprint density at radius 2 is 1.73 bits per heavy atom. The van der Waals surface area contributed by atoms with Crippen LogP contribution in [0.25, 0.3) is 17.1 Å². The third kappa shape index (κ3) is 7.42. The van der Waals surface area contributed by atoms with Gasteiger partial charge in [-0.1, -0.05) is 39.0 Å². The van der Waals surface area contributed by atoms with E-state index in [-0.39, 0.29) is 22.4 Å². The van der Waals surface area contributed by atoms with Crippen LogP contribution in [0, 0.1) is 11.6 Å². The Labute approximate surface area is 238 Å². The quantitative estimate of drug-likeness (QED) is 0.0989. The van der Waals surface area contributed by atoms with Crippen LogP contribution in [0.5, 0.6) is 5.75 Å². The number of aryl methyl sites for hydroxylation is 1. The number of ether oxygens (including phenoxy) is 1. The number of para-hydroxylation sites is 1. The number of thiocarbonyl (C=S) groups is 1. The molecule has 41 heavy (non-hydrogen) atoms. The number of anilines is 1. The van der Waals surface area contributed by atoms with Gasteiger partial charge < -0.3 is 10.1 Å². The molecule has 4 rings (SSSR count). The molecule has 13 heteroatoms. The number of halogens is 5. The van der Waals surface area contributed by atoms with E-state index in [1.54, 1.807) is 6.92 Å². The first-order valence-electron chi connectivity index (χ1n) is 12.5. The van der Waals surface area contributed by atoms with Crippen LogP contribution in [-0.2, 0) is 6.42 Å². The lowest BCUT2D eigenvalue weighted by atomic mass is 10.0. The van der Waals surface area contributed by atoms with Gasteiger partial charge in [-0.25, -0.2) is 18.4 Å². The molecular formula is C28H25F5N6OS. The van der Waals surface area contributed by atoms with E-state index in [9.17, 15) is 22.0 Å². The molecule has 0 aliphatic carbocycles. The summed E-state index contributed by atoms with van der Waals surface area (Å²) in [4.78, 5) is 4.35. The molecule has 7 nitrogen and oxygen atoms in total. The van der Waals surface area contributed by atoms with Gasteiger partial charge in [-0.05, 0) is 66.2 Å². The Morgan fingerprint density at radius 1 is 1.07 bits per heavy atom. The highest BCUT2D eigenvalue weighted by Crippen LogP contribution is 2.27. The number of benzene rings is 3. The van der Waals surface area contributed by atoms with Crippen molar-refractivity contribution in [1.82, 2.24) is 20.2 Å². The number of nitrogens with one attached hydrogen (secondary N) is 2. The summed E-state index contributed by atoms with van der Waals surface area (Å²) in [6.07, 6.45) is -3.45. The zero-order chi connectivity index (χ0) is 29.7. The molecule has 0 saturated heterocycles. The van der Waals surface area contributed by atoms with Crippen LogP contribution < -0.4 is 15.5 Å². The fraction of sp³-hybridized carbons (Fsp3) is 0.214. The van der Waals surface area contributed by atoms with Crippen molar-refractivity contribution in [1.29, 1.82) is 0 Å². The van der Waals surface area contributed by atoms with E-state index < -0.39 is 29.3 Å². The van der Waals surface area contributed by atoms with Crippen molar-refractivity contribution in [2.45, 2.75) is 39.5 Å². The molecule has 0 fully saturated rings. The van der Waals surface area contributed by atoms with Crippen LogP contribution in [0.3, 0.4) is 0 Å². The monoisotopic (exact) mass is 588 g/mol. The first kappa shape index (κ1) is 29.6. The van der Waals surface area contributed by atoms with Crippen LogP contribution >= 0.6 is 12.2 Å². The van der Waals surface area contributed by atoms with Crippen molar-refractivity contribution in [2.75, 3.05) is 5.32 Å². The molecule has 1 heterocycles. The minimum absolute atomic E-state index is 0.0334. The van der Waals surface area contributed by atoms with Gasteiger partial charge in [-0.3, -0.25) is 5.43 Å². The highest BCUT2D eigenvalue weighted by molar-refractivity contribution is 7.80. The van der Waals surface area contributed by atoms with E-state index in [4.69, 9.17) is 12.2 Å². The van der Waals surface area contributed by atoms with Crippen LogP contribution in [-0.4, -0.2) is 32.5 Å². The number of nitrogens with zero attached hydrogens (tertiary/aromatic N) is 4. The highest BCUT2D eigenvalue weighted by atomic mass is 32.1. The molecule has 214 valence electrons. The molecule has 0 bridgehead atoms. The van der Waals surface area contributed by atoms with Crippen LogP contribution in [0.4, 0.5) is 27.6 Å². The Bertz CT molecular complexity index is 1540. The lowest BCUT2D eigenvalue weighted by Crippen LogP contribution is -2.24. The SMILES string of the molecule is CCc1nc(-c2cc(F)c(C=NNC(=S)Nc3ccccc3C(C)C)c(F)c2)nn1-c1ccc(OC(F)(F)F)cc1. The third-order valence-corrected chi connectivity index (χ3v) is 6.03. The van der Waals surface area contributed by atoms with Crippen LogP contribution in [0.2, 0.25) is 0 Å². The standard InChI is InChI=1S/C28H25F5N6OS/c1-4-25-36-26(38-39(25)18-9-11-19(12-10-18)40-28(31,32)33)17-13-22(29)21(23(30)14-17)15-34-37-27(41)35-24-8-6-5-7-20(24)16(2)3/h5-16H,4H2,1-3H3,(H2,35,37,41). The van der Waals surface area contributed by atoms with Gasteiger partial charge in [0.15, 0.2) is 10.9 Å². The topological polar surface area (TPSA) is 76.4 Å². The Hall–Kier alpha value is -4.39. The Kier molecular flexibility index (Phi) is 8.96. The molecule has 4 aromatic rings. The minimum atomic E-state index is -4.82. The Morgan fingerprint density at radius 3 is 2.34 bits per heavy atom. The summed E-state index contributed by atoms with van der Waals surface area (Å²) in [7, 11) is 0. The molecule has 0 amide bonds. The lowest BCUT2D eigenvalue weighted by molar-refractivity contribution is -0.274. The van der Waals surface area contributed by atoms with Crippen LogP contribution in [0.15, 0.2) is 65.8 Å². The van der Waals surface area contributed by atoms with E-state index >= 15 is 0 Å². The van der Waals surface area contributed by atoms with E-state index in [2.05, 4.69) is 30.7 Å². The second-order valence-electron chi connectivity index (χ2n) is 9.08. The van der Waals surface area contributed by atoms with Crippen molar-refractivity contribution in [3.05, 3.63) is 89.2 Å². The second kappa shape index (κ2) is 12.4. The average Bonchev–Trinajstić information content (AvgIpc) is 3.34. The zero-order valence-electron chi connectivity index (χ0n) is 22.1.